The van der Waals surface area contributed by atoms with Gasteiger partial charge in [0.25, 0.3) is 5.56 Å². The molecule has 202 valence electrons. The van der Waals surface area contributed by atoms with Crippen molar-refractivity contribution >= 4 is 16.9 Å². The average Bonchev–Trinajstić information content (AvgIpc) is 3.40. The summed E-state index contributed by atoms with van der Waals surface area (Å²) >= 11 is 0. The van der Waals surface area contributed by atoms with Crippen molar-refractivity contribution in [3.05, 3.63) is 94.7 Å². The zero-order valence-corrected chi connectivity index (χ0v) is 22.3. The second-order valence-electron chi connectivity index (χ2n) is 11.1. The van der Waals surface area contributed by atoms with Crippen molar-refractivity contribution in [1.29, 1.82) is 0 Å². The Labute approximate surface area is 227 Å². The standard InChI is InChI=1S/C31H35N5O3/c1-22-7-9-24(10-8-22)36-16-12-26-28(36)33-21-35(30(26)38)20-31(39)13-17-34(18-14-31)29(37)25-11-15-32-19-27(25)23-5-3-2-4-6-23/h2-10,12,16,21,25,27,32,39H,11,13-15,17-20H2,1H3/t25-,27+/m1/s1. The molecule has 2 saturated heterocycles. The van der Waals surface area contributed by atoms with E-state index in [4.69, 9.17) is 0 Å². The van der Waals surface area contributed by atoms with E-state index in [9.17, 15) is 14.7 Å². The van der Waals surface area contributed by atoms with Crippen LogP contribution >= 0.6 is 0 Å². The van der Waals surface area contributed by atoms with Gasteiger partial charge in [-0.25, -0.2) is 4.98 Å². The SMILES string of the molecule is Cc1ccc(-n2ccc3c(=O)n(CC4(O)CCN(C(=O)[C@@H]5CCNC[C@H]5c5ccccc5)CC4)cnc32)cc1. The number of aryl methyl sites for hydroxylation is 1. The van der Waals surface area contributed by atoms with Crippen LogP contribution < -0.4 is 10.9 Å². The van der Waals surface area contributed by atoms with Crippen molar-refractivity contribution in [3.8, 4) is 5.69 Å². The molecule has 0 unspecified atom stereocenters. The predicted molar refractivity (Wildman–Crippen MR) is 151 cm³/mol. The number of hydrogen-bond acceptors (Lipinski definition) is 5. The van der Waals surface area contributed by atoms with Crippen molar-refractivity contribution in [3.63, 3.8) is 0 Å². The Kier molecular flexibility index (Phi) is 6.83. The summed E-state index contributed by atoms with van der Waals surface area (Å²) in [7, 11) is 0. The molecule has 8 nitrogen and oxygen atoms in total. The maximum atomic E-state index is 13.6. The molecule has 0 spiro atoms. The van der Waals surface area contributed by atoms with Gasteiger partial charge in [-0.3, -0.25) is 14.2 Å². The number of aromatic nitrogens is 3. The lowest BCUT2D eigenvalue weighted by molar-refractivity contribution is -0.141. The third-order valence-electron chi connectivity index (χ3n) is 8.48. The molecule has 2 aromatic heterocycles. The van der Waals surface area contributed by atoms with Crippen LogP contribution in [-0.4, -0.2) is 61.8 Å². The minimum atomic E-state index is -1.07. The van der Waals surface area contributed by atoms with E-state index in [1.807, 2.05) is 65.1 Å². The van der Waals surface area contributed by atoms with Crippen molar-refractivity contribution in [2.45, 2.75) is 44.2 Å². The Balaban J connectivity index is 1.15. The molecule has 2 fully saturated rings. The highest BCUT2D eigenvalue weighted by molar-refractivity contribution is 5.80. The Morgan fingerprint density at radius 2 is 1.82 bits per heavy atom. The van der Waals surface area contributed by atoms with E-state index in [0.29, 0.717) is 37.0 Å². The van der Waals surface area contributed by atoms with Crippen LogP contribution in [0.2, 0.25) is 0 Å². The van der Waals surface area contributed by atoms with Gasteiger partial charge >= 0.3 is 0 Å². The van der Waals surface area contributed by atoms with Crippen LogP contribution in [0.25, 0.3) is 16.7 Å². The van der Waals surface area contributed by atoms with E-state index in [1.165, 1.54) is 22.0 Å². The molecule has 4 aromatic rings. The van der Waals surface area contributed by atoms with Crippen molar-refractivity contribution in [2.24, 2.45) is 5.92 Å². The van der Waals surface area contributed by atoms with Crippen LogP contribution in [0.3, 0.4) is 0 Å². The number of piperidine rings is 2. The average molecular weight is 526 g/mol. The number of aliphatic hydroxyl groups is 1. The molecule has 2 aromatic carbocycles. The molecule has 6 rings (SSSR count). The van der Waals surface area contributed by atoms with Crippen LogP contribution in [0.4, 0.5) is 0 Å². The van der Waals surface area contributed by atoms with Gasteiger partial charge < -0.3 is 19.9 Å². The summed E-state index contributed by atoms with van der Waals surface area (Å²) in [5, 5.41) is 15.4. The van der Waals surface area contributed by atoms with E-state index in [-0.39, 0.29) is 29.8 Å². The number of likely N-dealkylation sites (tertiary alicyclic amines) is 1. The highest BCUT2D eigenvalue weighted by Crippen LogP contribution is 2.33. The highest BCUT2D eigenvalue weighted by Gasteiger charge is 2.39. The fraction of sp³-hybridized carbons (Fsp3) is 0.387. The van der Waals surface area contributed by atoms with E-state index < -0.39 is 5.60 Å². The molecule has 39 heavy (non-hydrogen) atoms. The molecule has 2 aliphatic heterocycles. The number of fused-ring (bicyclic) bond motifs is 1. The first kappa shape index (κ1) is 25.5. The third-order valence-corrected chi connectivity index (χ3v) is 8.48. The lowest BCUT2D eigenvalue weighted by Gasteiger charge is -2.41. The molecule has 2 N–H and O–H groups in total. The smallest absolute Gasteiger partial charge is 0.262 e. The molecule has 0 saturated carbocycles. The molecule has 2 atom stereocenters. The van der Waals surface area contributed by atoms with Gasteiger partial charge in [-0.1, -0.05) is 48.0 Å². The topological polar surface area (TPSA) is 92.4 Å². The zero-order valence-electron chi connectivity index (χ0n) is 22.3. The number of amides is 1. The fourth-order valence-electron chi connectivity index (χ4n) is 6.14. The van der Waals surface area contributed by atoms with E-state index in [2.05, 4.69) is 22.4 Å². The first-order valence-electron chi connectivity index (χ1n) is 13.8. The number of hydrogen-bond donors (Lipinski definition) is 2. The molecule has 8 heteroatoms. The summed E-state index contributed by atoms with van der Waals surface area (Å²) in [4.78, 5) is 33.4. The van der Waals surface area contributed by atoms with Crippen LogP contribution in [0.15, 0.2) is 78.0 Å². The second kappa shape index (κ2) is 10.4. The van der Waals surface area contributed by atoms with Gasteiger partial charge in [0.05, 0.1) is 17.5 Å². The molecule has 1 amide bonds. The van der Waals surface area contributed by atoms with Crippen LogP contribution in [0.1, 0.15) is 36.3 Å². The molecule has 4 heterocycles. The van der Waals surface area contributed by atoms with Gasteiger partial charge in [-0.2, -0.15) is 0 Å². The summed E-state index contributed by atoms with van der Waals surface area (Å²) < 4.78 is 3.42. The Bertz CT molecular complexity index is 1520. The van der Waals surface area contributed by atoms with Gasteiger partial charge in [0.15, 0.2) is 5.65 Å². The minimum absolute atomic E-state index is 0.0633. The maximum absolute atomic E-state index is 13.6. The number of nitrogens with one attached hydrogen (secondary N) is 1. The minimum Gasteiger partial charge on any atom is -0.388 e. The molecular formula is C31H35N5O3. The van der Waals surface area contributed by atoms with Crippen molar-refractivity contribution in [1.82, 2.24) is 24.3 Å². The van der Waals surface area contributed by atoms with Gasteiger partial charge in [0.2, 0.25) is 5.91 Å². The van der Waals surface area contributed by atoms with E-state index in [1.54, 1.807) is 6.07 Å². The first-order valence-corrected chi connectivity index (χ1v) is 13.8. The number of benzene rings is 2. The molecular weight excluding hydrogens is 490 g/mol. The second-order valence-corrected chi connectivity index (χ2v) is 11.1. The molecule has 0 bridgehead atoms. The largest absolute Gasteiger partial charge is 0.388 e. The Morgan fingerprint density at radius 1 is 1.08 bits per heavy atom. The summed E-state index contributed by atoms with van der Waals surface area (Å²) in [6, 6.07) is 20.1. The van der Waals surface area contributed by atoms with E-state index in [0.717, 1.165) is 25.2 Å². The maximum Gasteiger partial charge on any atom is 0.262 e. The number of carbonyl (C=O) groups excluding carboxylic acids is 1. The van der Waals surface area contributed by atoms with Crippen LogP contribution in [0.5, 0.6) is 0 Å². The molecule has 0 aliphatic carbocycles. The monoisotopic (exact) mass is 525 g/mol. The first-order chi connectivity index (χ1) is 18.9. The summed E-state index contributed by atoms with van der Waals surface area (Å²) in [5.41, 5.74) is 2.66. The Hall–Kier alpha value is -3.75. The lowest BCUT2D eigenvalue weighted by Crippen LogP contribution is -2.52. The van der Waals surface area contributed by atoms with Gasteiger partial charge in [-0.05, 0) is 56.5 Å². The predicted octanol–water partition coefficient (Wildman–Crippen LogP) is 3.24. The normalized spacial score (nSPS) is 21.2. The Morgan fingerprint density at radius 3 is 2.56 bits per heavy atom. The fourth-order valence-corrected chi connectivity index (χ4v) is 6.14. The third kappa shape index (κ3) is 5.02. The molecule has 0 radical (unpaired) electrons. The number of carbonyl (C=O) groups is 1. The van der Waals surface area contributed by atoms with Gasteiger partial charge in [0.1, 0.15) is 6.33 Å². The zero-order chi connectivity index (χ0) is 27.0. The highest BCUT2D eigenvalue weighted by atomic mass is 16.3. The quantitative estimate of drug-likeness (QED) is 0.417. The van der Waals surface area contributed by atoms with Crippen LogP contribution in [-0.2, 0) is 11.3 Å². The molecule has 2 aliphatic rings. The van der Waals surface area contributed by atoms with Gasteiger partial charge in [-0.15, -0.1) is 0 Å². The summed E-state index contributed by atoms with van der Waals surface area (Å²) in [6.07, 6.45) is 5.05. The number of rotatable bonds is 5. The summed E-state index contributed by atoms with van der Waals surface area (Å²) in [5.74, 6) is 0.258. The van der Waals surface area contributed by atoms with Crippen molar-refractivity contribution < 1.29 is 9.90 Å². The van der Waals surface area contributed by atoms with Gasteiger partial charge in [0, 0.05) is 43.4 Å². The summed E-state index contributed by atoms with van der Waals surface area (Å²) in [6.45, 7) is 4.79. The number of nitrogens with zero attached hydrogens (tertiary/aromatic N) is 4. The lowest BCUT2D eigenvalue weighted by atomic mass is 9.80. The van der Waals surface area contributed by atoms with Crippen LogP contribution in [0, 0.1) is 12.8 Å². The van der Waals surface area contributed by atoms with E-state index >= 15 is 0 Å². The van der Waals surface area contributed by atoms with Crippen molar-refractivity contribution in [2.75, 3.05) is 26.2 Å².